The van der Waals surface area contributed by atoms with Gasteiger partial charge in [0, 0.05) is 19.6 Å². The molecule has 0 bridgehead atoms. The minimum Gasteiger partial charge on any atom is -0.351 e. The van der Waals surface area contributed by atoms with E-state index in [1.54, 1.807) is 0 Å². The van der Waals surface area contributed by atoms with Gasteiger partial charge in [-0.25, -0.2) is 0 Å². The van der Waals surface area contributed by atoms with Gasteiger partial charge in [0.05, 0.1) is 4.88 Å². The molecular formula is C19H24N2OS. The average Bonchev–Trinajstić information content (AvgIpc) is 3.17. The van der Waals surface area contributed by atoms with Crippen LogP contribution >= 0.6 is 11.3 Å². The standard InChI is InChI=1S/C19H24N2OS/c1-15-9-12-23-18(15)19(22)20-10-7-17-8-11-21(14-17)13-16-5-3-2-4-6-16/h2-6,9,12,17H,7-8,10-11,13-14H2,1H3,(H,20,22)/t17-/m1/s1. The van der Waals surface area contributed by atoms with Gasteiger partial charge in [0.25, 0.3) is 5.91 Å². The molecule has 23 heavy (non-hydrogen) atoms. The number of amides is 1. The highest BCUT2D eigenvalue weighted by Crippen LogP contribution is 2.21. The Kier molecular flexibility index (Phi) is 5.47. The summed E-state index contributed by atoms with van der Waals surface area (Å²) in [5.74, 6) is 0.778. The van der Waals surface area contributed by atoms with Crippen LogP contribution in [0.25, 0.3) is 0 Å². The molecule has 0 unspecified atom stereocenters. The number of carbonyl (C=O) groups excluding carboxylic acids is 1. The Hall–Kier alpha value is -1.65. The number of nitrogens with zero attached hydrogens (tertiary/aromatic N) is 1. The summed E-state index contributed by atoms with van der Waals surface area (Å²) in [4.78, 5) is 15.5. The summed E-state index contributed by atoms with van der Waals surface area (Å²) in [7, 11) is 0. The number of hydrogen-bond donors (Lipinski definition) is 1. The highest BCUT2D eigenvalue weighted by atomic mass is 32.1. The van der Waals surface area contributed by atoms with Crippen LogP contribution in [0.2, 0.25) is 0 Å². The fourth-order valence-electron chi connectivity index (χ4n) is 3.21. The van der Waals surface area contributed by atoms with Crippen LogP contribution in [0.4, 0.5) is 0 Å². The predicted octanol–water partition coefficient (Wildman–Crippen LogP) is 3.70. The minimum atomic E-state index is 0.0802. The fourth-order valence-corrected chi connectivity index (χ4v) is 4.05. The van der Waals surface area contributed by atoms with Crippen molar-refractivity contribution >= 4 is 17.2 Å². The molecule has 1 aromatic heterocycles. The van der Waals surface area contributed by atoms with Crippen molar-refractivity contribution in [2.24, 2.45) is 5.92 Å². The van der Waals surface area contributed by atoms with Crippen molar-refractivity contribution in [3.8, 4) is 0 Å². The van der Waals surface area contributed by atoms with Gasteiger partial charge in [-0.1, -0.05) is 30.3 Å². The van der Waals surface area contributed by atoms with Crippen molar-refractivity contribution in [1.82, 2.24) is 10.2 Å². The van der Waals surface area contributed by atoms with Gasteiger partial charge in [0.1, 0.15) is 0 Å². The van der Waals surface area contributed by atoms with E-state index in [9.17, 15) is 4.79 Å². The largest absolute Gasteiger partial charge is 0.351 e. The molecule has 2 heterocycles. The Balaban J connectivity index is 1.39. The second kappa shape index (κ2) is 7.75. The summed E-state index contributed by atoms with van der Waals surface area (Å²) >= 11 is 1.52. The lowest BCUT2D eigenvalue weighted by Crippen LogP contribution is -2.26. The molecule has 1 N–H and O–H groups in total. The molecule has 122 valence electrons. The van der Waals surface area contributed by atoms with Crippen molar-refractivity contribution in [3.63, 3.8) is 0 Å². The van der Waals surface area contributed by atoms with E-state index >= 15 is 0 Å². The summed E-state index contributed by atoms with van der Waals surface area (Å²) in [6, 6.07) is 12.6. The maximum Gasteiger partial charge on any atom is 0.261 e. The monoisotopic (exact) mass is 328 g/mol. The highest BCUT2D eigenvalue weighted by Gasteiger charge is 2.22. The first kappa shape index (κ1) is 16.2. The lowest BCUT2D eigenvalue weighted by molar-refractivity contribution is 0.0955. The molecule has 1 aromatic carbocycles. The Morgan fingerprint density at radius 1 is 1.30 bits per heavy atom. The van der Waals surface area contributed by atoms with E-state index in [1.165, 1.54) is 23.3 Å². The third kappa shape index (κ3) is 4.43. The molecular weight excluding hydrogens is 304 g/mol. The van der Waals surface area contributed by atoms with E-state index in [4.69, 9.17) is 0 Å². The molecule has 1 atom stereocenters. The van der Waals surface area contributed by atoms with Crippen LogP contribution < -0.4 is 5.32 Å². The van der Waals surface area contributed by atoms with Crippen molar-refractivity contribution in [2.75, 3.05) is 19.6 Å². The van der Waals surface area contributed by atoms with Gasteiger partial charge < -0.3 is 5.32 Å². The Bertz CT molecular complexity index is 638. The smallest absolute Gasteiger partial charge is 0.261 e. The number of aryl methyl sites for hydroxylation is 1. The van der Waals surface area contributed by atoms with Crippen molar-refractivity contribution < 1.29 is 4.79 Å². The molecule has 2 aromatic rings. The third-order valence-electron chi connectivity index (χ3n) is 4.53. The average molecular weight is 328 g/mol. The summed E-state index contributed by atoms with van der Waals surface area (Å²) in [5, 5.41) is 5.05. The molecule has 0 radical (unpaired) electrons. The van der Waals surface area contributed by atoms with E-state index in [0.29, 0.717) is 5.92 Å². The fraction of sp³-hybridized carbons (Fsp3) is 0.421. The van der Waals surface area contributed by atoms with Gasteiger partial charge in [0.15, 0.2) is 0 Å². The van der Waals surface area contributed by atoms with Crippen molar-refractivity contribution in [3.05, 3.63) is 57.8 Å². The Labute approximate surface area is 142 Å². The summed E-state index contributed by atoms with van der Waals surface area (Å²) in [6.45, 7) is 6.11. The predicted molar refractivity (Wildman–Crippen MR) is 95.8 cm³/mol. The van der Waals surface area contributed by atoms with E-state index < -0.39 is 0 Å². The maximum absolute atomic E-state index is 12.1. The molecule has 1 saturated heterocycles. The zero-order valence-corrected chi connectivity index (χ0v) is 14.4. The van der Waals surface area contributed by atoms with Gasteiger partial charge >= 0.3 is 0 Å². The molecule has 3 rings (SSSR count). The summed E-state index contributed by atoms with van der Waals surface area (Å²) in [5.41, 5.74) is 2.46. The molecule has 4 heteroatoms. The van der Waals surface area contributed by atoms with Gasteiger partial charge in [0.2, 0.25) is 0 Å². The maximum atomic E-state index is 12.1. The normalized spacial score (nSPS) is 18.2. The first-order valence-corrected chi connectivity index (χ1v) is 9.19. The van der Waals surface area contributed by atoms with Crippen LogP contribution in [0, 0.1) is 12.8 Å². The molecule has 1 aliphatic rings. The van der Waals surface area contributed by atoms with Gasteiger partial charge in [-0.2, -0.15) is 0 Å². The van der Waals surface area contributed by atoms with Crippen LogP contribution in [0.3, 0.4) is 0 Å². The van der Waals surface area contributed by atoms with E-state index in [1.807, 2.05) is 18.4 Å². The highest BCUT2D eigenvalue weighted by molar-refractivity contribution is 7.12. The number of hydrogen-bond acceptors (Lipinski definition) is 3. The lowest BCUT2D eigenvalue weighted by atomic mass is 10.1. The number of benzene rings is 1. The summed E-state index contributed by atoms with van der Waals surface area (Å²) in [6.07, 6.45) is 2.31. The first-order chi connectivity index (χ1) is 11.2. The number of nitrogens with one attached hydrogen (secondary N) is 1. The van der Waals surface area contributed by atoms with Crippen LogP contribution in [0.15, 0.2) is 41.8 Å². The van der Waals surface area contributed by atoms with Gasteiger partial charge in [-0.3, -0.25) is 9.69 Å². The lowest BCUT2D eigenvalue weighted by Gasteiger charge is -2.16. The minimum absolute atomic E-state index is 0.0802. The molecule has 1 aliphatic heterocycles. The van der Waals surface area contributed by atoms with Crippen LogP contribution in [0.5, 0.6) is 0 Å². The zero-order valence-electron chi connectivity index (χ0n) is 13.6. The molecule has 1 amide bonds. The van der Waals surface area contributed by atoms with Gasteiger partial charge in [-0.15, -0.1) is 11.3 Å². The number of rotatable bonds is 6. The Morgan fingerprint density at radius 2 is 2.13 bits per heavy atom. The zero-order chi connectivity index (χ0) is 16.1. The second-order valence-corrected chi connectivity index (χ2v) is 7.27. The summed E-state index contributed by atoms with van der Waals surface area (Å²) < 4.78 is 0. The quantitative estimate of drug-likeness (QED) is 0.877. The molecule has 0 spiro atoms. The van der Waals surface area contributed by atoms with Crippen LogP contribution in [0.1, 0.15) is 33.6 Å². The Morgan fingerprint density at radius 3 is 2.87 bits per heavy atom. The van der Waals surface area contributed by atoms with E-state index in [-0.39, 0.29) is 5.91 Å². The van der Waals surface area contributed by atoms with Crippen molar-refractivity contribution in [2.45, 2.75) is 26.3 Å². The number of likely N-dealkylation sites (tertiary alicyclic amines) is 1. The molecule has 0 saturated carbocycles. The van der Waals surface area contributed by atoms with E-state index in [2.05, 4.69) is 40.5 Å². The molecule has 0 aliphatic carbocycles. The van der Waals surface area contributed by atoms with Crippen LogP contribution in [-0.2, 0) is 6.54 Å². The topological polar surface area (TPSA) is 32.3 Å². The second-order valence-electron chi connectivity index (χ2n) is 6.35. The van der Waals surface area contributed by atoms with Crippen LogP contribution in [-0.4, -0.2) is 30.4 Å². The van der Waals surface area contributed by atoms with E-state index in [0.717, 1.165) is 43.0 Å². The third-order valence-corrected chi connectivity index (χ3v) is 5.54. The molecule has 1 fully saturated rings. The van der Waals surface area contributed by atoms with Crippen molar-refractivity contribution in [1.29, 1.82) is 0 Å². The SMILES string of the molecule is Cc1ccsc1C(=O)NCC[C@@H]1CCN(Cc2ccccc2)C1. The van der Waals surface area contributed by atoms with Gasteiger partial charge in [-0.05, 0) is 54.8 Å². The number of thiophene rings is 1. The molecule has 3 nitrogen and oxygen atoms in total. The number of carbonyl (C=O) groups is 1. The first-order valence-electron chi connectivity index (χ1n) is 8.31.